The number of aromatic amines is 1. The molecule has 0 radical (unpaired) electrons. The van der Waals surface area contributed by atoms with Crippen molar-refractivity contribution in [2.45, 2.75) is 6.42 Å². The third-order valence-corrected chi connectivity index (χ3v) is 2.23. The van der Waals surface area contributed by atoms with Gasteiger partial charge in [-0.15, -0.1) is 0 Å². The van der Waals surface area contributed by atoms with E-state index < -0.39 is 10.8 Å². The Balaban J connectivity index is 2.39. The molecule has 0 atom stereocenters. The Hall–Kier alpha value is -2.88. The molecule has 0 aliphatic carbocycles. The molecule has 2 rings (SSSR count). The second-order valence-corrected chi connectivity index (χ2v) is 3.50. The van der Waals surface area contributed by atoms with Gasteiger partial charge in [0.15, 0.2) is 0 Å². The number of hydrogen-bond acceptors (Lipinski definition) is 4. The number of nitrogens with one attached hydrogen (secondary N) is 1. The summed E-state index contributed by atoms with van der Waals surface area (Å²) in [5.74, 6) is 4.78. The molecule has 2 aromatic rings. The van der Waals surface area contributed by atoms with Crippen LogP contribution in [0.5, 0.6) is 0 Å². The average molecular weight is 244 g/mol. The number of carbonyl (C=O) groups is 1. The summed E-state index contributed by atoms with van der Waals surface area (Å²) in [5, 5.41) is 17.8. The first-order valence-corrected chi connectivity index (χ1v) is 4.97. The van der Waals surface area contributed by atoms with Crippen LogP contribution >= 0.6 is 0 Å². The maximum atomic E-state index is 10.6. The smallest absolute Gasteiger partial charge is 0.271 e. The van der Waals surface area contributed by atoms with E-state index in [0.29, 0.717) is 16.6 Å². The lowest BCUT2D eigenvalue weighted by atomic mass is 10.2. The van der Waals surface area contributed by atoms with E-state index in [1.165, 1.54) is 12.1 Å². The fraction of sp³-hybridized carbons (Fsp3) is 0.0909. The second kappa shape index (κ2) is 4.55. The molecule has 1 amide bonds. The van der Waals surface area contributed by atoms with Crippen molar-refractivity contribution in [1.29, 1.82) is 0 Å². The number of benzene rings is 1. The van der Waals surface area contributed by atoms with Crippen LogP contribution in [0.4, 0.5) is 5.69 Å². The van der Waals surface area contributed by atoms with Crippen LogP contribution in [-0.4, -0.2) is 21.0 Å². The van der Waals surface area contributed by atoms with E-state index in [2.05, 4.69) is 22.0 Å². The first-order chi connectivity index (χ1) is 8.58. The van der Waals surface area contributed by atoms with Crippen molar-refractivity contribution < 1.29 is 9.72 Å². The lowest BCUT2D eigenvalue weighted by Crippen LogP contribution is -2.08. The van der Waals surface area contributed by atoms with E-state index in [4.69, 9.17) is 5.73 Å². The number of amides is 1. The SMILES string of the molecule is NC(=O)CC#Cc1[nH]nc2cc([N+](=O)[O-])ccc12. The van der Waals surface area contributed by atoms with E-state index in [-0.39, 0.29) is 12.1 Å². The zero-order valence-electron chi connectivity index (χ0n) is 9.14. The summed E-state index contributed by atoms with van der Waals surface area (Å²) in [5.41, 5.74) is 5.87. The molecular weight excluding hydrogens is 236 g/mol. The number of hydrogen-bond donors (Lipinski definition) is 2. The number of rotatable bonds is 2. The molecule has 0 saturated carbocycles. The summed E-state index contributed by atoms with van der Waals surface area (Å²) in [4.78, 5) is 20.6. The highest BCUT2D eigenvalue weighted by atomic mass is 16.6. The number of H-pyrrole nitrogens is 1. The van der Waals surface area contributed by atoms with Gasteiger partial charge in [-0.3, -0.25) is 20.0 Å². The third kappa shape index (κ3) is 2.27. The Morgan fingerprint density at radius 3 is 3.00 bits per heavy atom. The van der Waals surface area contributed by atoms with Crippen molar-refractivity contribution >= 4 is 22.5 Å². The van der Waals surface area contributed by atoms with Crippen LogP contribution in [-0.2, 0) is 4.79 Å². The second-order valence-electron chi connectivity index (χ2n) is 3.50. The molecule has 0 saturated heterocycles. The minimum atomic E-state index is -0.512. The molecule has 1 heterocycles. The van der Waals surface area contributed by atoms with E-state index in [1.807, 2.05) is 0 Å². The highest BCUT2D eigenvalue weighted by Gasteiger charge is 2.09. The number of nitro benzene ring substituents is 1. The molecule has 7 nitrogen and oxygen atoms in total. The molecule has 0 aliphatic heterocycles. The molecule has 0 spiro atoms. The van der Waals surface area contributed by atoms with Crippen molar-refractivity contribution in [3.63, 3.8) is 0 Å². The van der Waals surface area contributed by atoms with E-state index >= 15 is 0 Å². The molecule has 3 N–H and O–H groups in total. The quantitative estimate of drug-likeness (QED) is 0.459. The number of fused-ring (bicyclic) bond motifs is 1. The average Bonchev–Trinajstić information content (AvgIpc) is 2.71. The number of aromatic nitrogens is 2. The first-order valence-electron chi connectivity index (χ1n) is 4.97. The summed E-state index contributed by atoms with van der Waals surface area (Å²) in [6, 6.07) is 4.29. The number of carbonyl (C=O) groups excluding carboxylic acids is 1. The molecule has 1 aromatic heterocycles. The Morgan fingerprint density at radius 2 is 2.33 bits per heavy atom. The van der Waals surface area contributed by atoms with Crippen LogP contribution in [0.1, 0.15) is 12.1 Å². The maximum absolute atomic E-state index is 10.6. The number of nitrogens with two attached hydrogens (primary N) is 1. The Labute approximate surface area is 101 Å². The molecular formula is C11H8N4O3. The van der Waals surface area contributed by atoms with Gasteiger partial charge in [0.05, 0.1) is 11.3 Å². The number of nitro groups is 1. The Kier molecular flexibility index (Phi) is 2.93. The van der Waals surface area contributed by atoms with Gasteiger partial charge in [0.25, 0.3) is 5.69 Å². The van der Waals surface area contributed by atoms with Crippen molar-refractivity contribution in [2.24, 2.45) is 5.73 Å². The van der Waals surface area contributed by atoms with Crippen LogP contribution in [0, 0.1) is 22.0 Å². The molecule has 18 heavy (non-hydrogen) atoms. The molecule has 0 bridgehead atoms. The largest absolute Gasteiger partial charge is 0.369 e. The summed E-state index contributed by atoms with van der Waals surface area (Å²) in [6.45, 7) is 0. The minimum absolute atomic E-state index is 0.0364. The molecule has 0 unspecified atom stereocenters. The van der Waals surface area contributed by atoms with E-state index in [0.717, 1.165) is 0 Å². The van der Waals surface area contributed by atoms with Crippen LogP contribution < -0.4 is 5.73 Å². The van der Waals surface area contributed by atoms with Gasteiger partial charge in [-0.2, -0.15) is 5.10 Å². The summed E-state index contributed by atoms with van der Waals surface area (Å²) in [6.07, 6.45) is -0.0481. The number of primary amides is 1. The molecule has 1 aromatic carbocycles. The lowest BCUT2D eigenvalue weighted by molar-refractivity contribution is -0.384. The van der Waals surface area contributed by atoms with Crippen molar-refractivity contribution in [2.75, 3.05) is 0 Å². The highest BCUT2D eigenvalue weighted by Crippen LogP contribution is 2.20. The van der Waals surface area contributed by atoms with Crippen molar-refractivity contribution in [3.05, 3.63) is 34.0 Å². The number of non-ortho nitro benzene ring substituents is 1. The first kappa shape index (κ1) is 11.6. The van der Waals surface area contributed by atoms with Gasteiger partial charge in [0.2, 0.25) is 5.91 Å². The predicted molar refractivity (Wildman–Crippen MR) is 63.4 cm³/mol. The van der Waals surface area contributed by atoms with Gasteiger partial charge < -0.3 is 5.73 Å². The highest BCUT2D eigenvalue weighted by molar-refractivity contribution is 5.86. The maximum Gasteiger partial charge on any atom is 0.271 e. The molecule has 0 aliphatic rings. The van der Waals surface area contributed by atoms with Gasteiger partial charge in [-0.1, -0.05) is 5.92 Å². The molecule has 90 valence electrons. The van der Waals surface area contributed by atoms with E-state index in [9.17, 15) is 14.9 Å². The Morgan fingerprint density at radius 1 is 1.56 bits per heavy atom. The van der Waals surface area contributed by atoms with Gasteiger partial charge in [-0.25, -0.2) is 0 Å². The third-order valence-electron chi connectivity index (χ3n) is 2.23. The summed E-state index contributed by atoms with van der Waals surface area (Å²) < 4.78 is 0. The minimum Gasteiger partial charge on any atom is -0.369 e. The van der Waals surface area contributed by atoms with Crippen molar-refractivity contribution in [1.82, 2.24) is 10.2 Å². The zero-order valence-corrected chi connectivity index (χ0v) is 9.14. The lowest BCUT2D eigenvalue weighted by Gasteiger charge is -1.90. The van der Waals surface area contributed by atoms with Crippen molar-refractivity contribution in [3.8, 4) is 11.8 Å². The van der Waals surface area contributed by atoms with Gasteiger partial charge >= 0.3 is 0 Å². The van der Waals surface area contributed by atoms with Gasteiger partial charge in [0.1, 0.15) is 11.2 Å². The van der Waals surface area contributed by atoms with Crippen LogP contribution in [0.15, 0.2) is 18.2 Å². The van der Waals surface area contributed by atoms with E-state index in [1.54, 1.807) is 6.07 Å². The standard InChI is InChI=1S/C11H8N4O3/c12-11(16)3-1-2-9-8-5-4-7(15(17)18)6-10(8)14-13-9/h4-6H,3H2,(H2,12,16)(H,13,14). The topological polar surface area (TPSA) is 115 Å². The van der Waals surface area contributed by atoms with Crippen LogP contribution in [0.3, 0.4) is 0 Å². The fourth-order valence-corrected chi connectivity index (χ4v) is 1.43. The predicted octanol–water partition coefficient (Wildman–Crippen LogP) is 0.698. The zero-order chi connectivity index (χ0) is 13.1. The Bertz CT molecular complexity index is 693. The normalized spacial score (nSPS) is 9.78. The van der Waals surface area contributed by atoms with Gasteiger partial charge in [-0.05, 0) is 12.0 Å². The van der Waals surface area contributed by atoms with Crippen LogP contribution in [0.25, 0.3) is 10.9 Å². The molecule has 0 fully saturated rings. The monoisotopic (exact) mass is 244 g/mol. The molecule has 7 heteroatoms. The van der Waals surface area contributed by atoms with Gasteiger partial charge in [0, 0.05) is 17.5 Å². The number of nitrogens with zero attached hydrogens (tertiary/aromatic N) is 2. The summed E-state index contributed by atoms with van der Waals surface area (Å²) in [7, 11) is 0. The summed E-state index contributed by atoms with van der Waals surface area (Å²) >= 11 is 0. The fourth-order valence-electron chi connectivity index (χ4n) is 1.43. The van der Waals surface area contributed by atoms with Crippen LogP contribution in [0.2, 0.25) is 0 Å².